The standard InChI is InChI=1S/C38H80N6O2S2/c1-3-5-7-8-9-10-11-12-13-14-15-16-17-18-19-23-33-47-48-35-36(38(46)43-32-20-6-4-2)44-37(45)34-42-31-25-30-41-28-22-21-27-40-29-24-26-39/h36,40-42H,3-35,39H2,1-2H3,(H,43,46)(H,44,45). The minimum atomic E-state index is -0.490. The first-order chi connectivity index (χ1) is 23.7. The maximum atomic E-state index is 12.9. The second-order valence-corrected chi connectivity index (χ2v) is 16.0. The molecule has 0 aliphatic carbocycles. The molecule has 0 aliphatic heterocycles. The topological polar surface area (TPSA) is 120 Å². The van der Waals surface area contributed by atoms with Crippen LogP contribution in [0.1, 0.15) is 162 Å². The molecule has 0 fully saturated rings. The Morgan fingerprint density at radius 1 is 0.521 bits per heavy atom. The first-order valence-corrected chi connectivity index (χ1v) is 22.8. The molecule has 10 heteroatoms. The monoisotopic (exact) mass is 717 g/mol. The van der Waals surface area contributed by atoms with E-state index in [0.29, 0.717) is 12.3 Å². The van der Waals surface area contributed by atoms with E-state index in [4.69, 9.17) is 5.73 Å². The maximum Gasteiger partial charge on any atom is 0.243 e. The first-order valence-electron chi connectivity index (χ1n) is 20.3. The van der Waals surface area contributed by atoms with Crippen molar-refractivity contribution in [1.82, 2.24) is 26.6 Å². The summed E-state index contributed by atoms with van der Waals surface area (Å²) in [7, 11) is 3.55. The van der Waals surface area contributed by atoms with Gasteiger partial charge in [-0.1, -0.05) is 145 Å². The lowest BCUT2D eigenvalue weighted by atomic mass is 10.0. The molecule has 48 heavy (non-hydrogen) atoms. The fraction of sp³-hybridized carbons (Fsp3) is 0.947. The van der Waals surface area contributed by atoms with Crippen LogP contribution in [0.5, 0.6) is 0 Å². The summed E-state index contributed by atoms with van der Waals surface area (Å²) < 4.78 is 0. The summed E-state index contributed by atoms with van der Waals surface area (Å²) in [6.45, 7) is 10.9. The number of nitrogens with two attached hydrogens (primary N) is 1. The lowest BCUT2D eigenvalue weighted by Gasteiger charge is -2.18. The third-order valence-electron chi connectivity index (χ3n) is 8.64. The van der Waals surface area contributed by atoms with Crippen LogP contribution in [0.15, 0.2) is 0 Å². The lowest BCUT2D eigenvalue weighted by Crippen LogP contribution is -2.50. The van der Waals surface area contributed by atoms with Crippen LogP contribution >= 0.6 is 21.6 Å². The van der Waals surface area contributed by atoms with E-state index in [1.165, 1.54) is 109 Å². The summed E-state index contributed by atoms with van der Waals surface area (Å²) in [6, 6.07) is -0.490. The third-order valence-corrected chi connectivity index (χ3v) is 11.1. The minimum absolute atomic E-state index is 0.0613. The van der Waals surface area contributed by atoms with Crippen LogP contribution in [-0.4, -0.2) is 81.7 Å². The van der Waals surface area contributed by atoms with E-state index >= 15 is 0 Å². The van der Waals surface area contributed by atoms with Gasteiger partial charge in [0.1, 0.15) is 6.04 Å². The van der Waals surface area contributed by atoms with Crippen molar-refractivity contribution in [2.45, 2.75) is 168 Å². The van der Waals surface area contributed by atoms with Crippen molar-refractivity contribution in [1.29, 1.82) is 0 Å². The van der Waals surface area contributed by atoms with Gasteiger partial charge in [-0.05, 0) is 77.8 Å². The highest BCUT2D eigenvalue weighted by molar-refractivity contribution is 8.76. The molecule has 2 amide bonds. The van der Waals surface area contributed by atoms with Crippen molar-refractivity contribution in [2.75, 3.05) is 63.9 Å². The molecule has 0 saturated heterocycles. The number of hydrogen-bond acceptors (Lipinski definition) is 8. The van der Waals surface area contributed by atoms with Gasteiger partial charge in [0, 0.05) is 18.1 Å². The molecule has 1 unspecified atom stereocenters. The molecule has 0 aliphatic rings. The Labute approximate surface area is 305 Å². The van der Waals surface area contributed by atoms with Crippen molar-refractivity contribution in [3.63, 3.8) is 0 Å². The van der Waals surface area contributed by atoms with Gasteiger partial charge in [-0.3, -0.25) is 9.59 Å². The molecule has 0 bridgehead atoms. The molecule has 0 aromatic rings. The molecule has 0 aromatic carbocycles. The van der Waals surface area contributed by atoms with Crippen LogP contribution in [0, 0.1) is 0 Å². The SMILES string of the molecule is CCCCCCCCCCCCCCCCCCSSCC(NC(=O)CNCCCNCCCCNCCCN)C(=O)NCCCCC. The van der Waals surface area contributed by atoms with E-state index in [1.54, 1.807) is 10.8 Å². The average molecular weight is 717 g/mol. The fourth-order valence-electron chi connectivity index (χ4n) is 5.54. The number of hydrogen-bond donors (Lipinski definition) is 6. The summed E-state index contributed by atoms with van der Waals surface area (Å²) in [6.07, 6.45) is 29.7. The van der Waals surface area contributed by atoms with Crippen molar-refractivity contribution < 1.29 is 9.59 Å². The van der Waals surface area contributed by atoms with Crippen LogP contribution in [0.2, 0.25) is 0 Å². The summed E-state index contributed by atoms with van der Waals surface area (Å²) in [5.74, 6) is 1.53. The number of nitrogens with one attached hydrogen (secondary N) is 5. The molecular formula is C38H80N6O2S2. The van der Waals surface area contributed by atoms with Gasteiger partial charge in [-0.25, -0.2) is 0 Å². The van der Waals surface area contributed by atoms with Crippen LogP contribution in [0.25, 0.3) is 0 Å². The van der Waals surface area contributed by atoms with E-state index in [2.05, 4.69) is 40.4 Å². The zero-order chi connectivity index (χ0) is 35.0. The molecule has 0 aromatic heterocycles. The van der Waals surface area contributed by atoms with Gasteiger partial charge in [0.25, 0.3) is 0 Å². The van der Waals surface area contributed by atoms with E-state index in [-0.39, 0.29) is 18.4 Å². The Balaban J connectivity index is 3.90. The number of unbranched alkanes of at least 4 members (excludes halogenated alkanes) is 18. The maximum absolute atomic E-state index is 12.9. The van der Waals surface area contributed by atoms with Gasteiger partial charge < -0.3 is 32.3 Å². The Morgan fingerprint density at radius 3 is 1.54 bits per heavy atom. The third kappa shape index (κ3) is 36.8. The van der Waals surface area contributed by atoms with E-state index in [1.807, 2.05) is 10.8 Å². The summed E-state index contributed by atoms with van der Waals surface area (Å²) >= 11 is 0. The van der Waals surface area contributed by atoms with Crippen LogP contribution in [-0.2, 0) is 9.59 Å². The van der Waals surface area contributed by atoms with Crippen LogP contribution < -0.4 is 32.3 Å². The van der Waals surface area contributed by atoms with Gasteiger partial charge in [0.15, 0.2) is 0 Å². The molecule has 0 heterocycles. The van der Waals surface area contributed by atoms with E-state index in [9.17, 15) is 9.59 Å². The molecule has 286 valence electrons. The number of amides is 2. The van der Waals surface area contributed by atoms with Crippen LogP contribution in [0.3, 0.4) is 0 Å². The van der Waals surface area contributed by atoms with Crippen LogP contribution in [0.4, 0.5) is 0 Å². The lowest BCUT2D eigenvalue weighted by molar-refractivity contribution is -0.128. The van der Waals surface area contributed by atoms with E-state index in [0.717, 1.165) is 83.5 Å². The van der Waals surface area contributed by atoms with Crippen molar-refractivity contribution in [2.24, 2.45) is 5.73 Å². The Hall–Kier alpha value is -0.520. The highest BCUT2D eigenvalue weighted by atomic mass is 33.1. The molecule has 0 radical (unpaired) electrons. The number of carbonyl (C=O) groups excluding carboxylic acids is 2. The van der Waals surface area contributed by atoms with Gasteiger partial charge in [-0.2, -0.15) is 0 Å². The van der Waals surface area contributed by atoms with E-state index < -0.39 is 6.04 Å². The molecule has 1 atom stereocenters. The largest absolute Gasteiger partial charge is 0.354 e. The van der Waals surface area contributed by atoms with Crippen molar-refractivity contribution in [3.05, 3.63) is 0 Å². The molecular weight excluding hydrogens is 637 g/mol. The highest BCUT2D eigenvalue weighted by Gasteiger charge is 2.20. The highest BCUT2D eigenvalue weighted by Crippen LogP contribution is 2.24. The van der Waals surface area contributed by atoms with Gasteiger partial charge in [0.05, 0.1) is 6.54 Å². The van der Waals surface area contributed by atoms with Gasteiger partial charge >= 0.3 is 0 Å². The molecule has 8 nitrogen and oxygen atoms in total. The second-order valence-electron chi connectivity index (χ2n) is 13.4. The average Bonchev–Trinajstić information content (AvgIpc) is 3.09. The normalized spacial score (nSPS) is 12.0. The Kier molecular flexibility index (Phi) is 40.5. The van der Waals surface area contributed by atoms with Gasteiger partial charge in [0.2, 0.25) is 11.8 Å². The second kappa shape index (κ2) is 40.9. The first kappa shape index (κ1) is 47.5. The number of rotatable bonds is 40. The fourth-order valence-corrected chi connectivity index (χ4v) is 7.85. The van der Waals surface area contributed by atoms with Crippen molar-refractivity contribution in [3.8, 4) is 0 Å². The Bertz CT molecular complexity index is 677. The molecule has 0 saturated carbocycles. The predicted octanol–water partition coefficient (Wildman–Crippen LogP) is 7.71. The number of carbonyl (C=O) groups is 2. The summed E-state index contributed by atoms with van der Waals surface area (Å²) in [4.78, 5) is 25.5. The zero-order valence-electron chi connectivity index (χ0n) is 31.6. The summed E-state index contributed by atoms with van der Waals surface area (Å²) in [5, 5.41) is 16.1. The smallest absolute Gasteiger partial charge is 0.243 e. The predicted molar refractivity (Wildman–Crippen MR) is 215 cm³/mol. The molecule has 7 N–H and O–H groups in total. The Morgan fingerprint density at radius 2 is 0.979 bits per heavy atom. The zero-order valence-corrected chi connectivity index (χ0v) is 33.3. The minimum Gasteiger partial charge on any atom is -0.354 e. The van der Waals surface area contributed by atoms with Gasteiger partial charge in [-0.15, -0.1) is 0 Å². The molecule has 0 spiro atoms. The summed E-state index contributed by atoms with van der Waals surface area (Å²) in [5.41, 5.74) is 5.50. The quantitative estimate of drug-likeness (QED) is 0.0282. The van der Waals surface area contributed by atoms with Crippen molar-refractivity contribution >= 4 is 33.4 Å². The molecule has 0 rings (SSSR count).